The molecule has 36 heavy (non-hydrogen) atoms. The molecule has 11 heteroatoms. The van der Waals surface area contributed by atoms with Gasteiger partial charge in [0.05, 0.1) is 23.6 Å². The molecule has 2 aliphatic heterocycles. The lowest BCUT2D eigenvalue weighted by Gasteiger charge is -2.43. The summed E-state index contributed by atoms with van der Waals surface area (Å²) in [4.78, 5) is 28.6. The van der Waals surface area contributed by atoms with Crippen molar-refractivity contribution in [1.82, 2.24) is 0 Å². The number of nitrogens with zero attached hydrogens (tertiary/aromatic N) is 1. The molecular formula is C25H26B2BrNO7. The highest BCUT2D eigenvalue weighted by Gasteiger charge is 2.58. The van der Waals surface area contributed by atoms with Crippen molar-refractivity contribution in [3.8, 4) is 5.75 Å². The summed E-state index contributed by atoms with van der Waals surface area (Å²) in [6.07, 6.45) is -0.0240. The van der Waals surface area contributed by atoms with Crippen molar-refractivity contribution in [2.24, 2.45) is 23.7 Å². The molecule has 5 rings (SSSR count). The van der Waals surface area contributed by atoms with E-state index in [0.717, 1.165) is 14.9 Å². The third-order valence-corrected chi connectivity index (χ3v) is 8.10. The van der Waals surface area contributed by atoms with E-state index in [9.17, 15) is 29.8 Å². The molecule has 1 aliphatic carbocycles. The van der Waals surface area contributed by atoms with Gasteiger partial charge < -0.3 is 24.8 Å². The van der Waals surface area contributed by atoms with Crippen LogP contribution in [0, 0.1) is 23.7 Å². The number of imide groups is 1. The van der Waals surface area contributed by atoms with Crippen molar-refractivity contribution in [2.75, 3.05) is 4.90 Å². The standard InChI is InChI=1S/C25H26B2BrNO7/c1-12(2)16-10-19-22(25(32)29(24(19)31)15-5-3-4-13(8-15)26(33)34)18-11-21(36-27(35)23(16)18)17-9-14(28)6-7-20(17)30/h3-9,12,18-19,21-22,30,33-35H,10-11H2,1-2H3/t18-,19-,21-,22+/m0/s1. The summed E-state index contributed by atoms with van der Waals surface area (Å²) in [5.74, 6) is -2.43. The molecule has 0 aromatic heterocycles. The first-order valence-corrected chi connectivity index (χ1v) is 12.8. The molecule has 4 atom stereocenters. The monoisotopic (exact) mass is 553 g/mol. The van der Waals surface area contributed by atoms with Gasteiger partial charge in [-0.05, 0) is 65.9 Å². The van der Waals surface area contributed by atoms with E-state index in [-0.39, 0.29) is 34.6 Å². The zero-order valence-corrected chi connectivity index (χ0v) is 21.4. The molecule has 2 heterocycles. The lowest BCUT2D eigenvalue weighted by Crippen LogP contribution is -2.45. The second-order valence-electron chi connectivity index (χ2n) is 9.97. The van der Waals surface area contributed by atoms with E-state index >= 15 is 0 Å². The van der Waals surface area contributed by atoms with Crippen LogP contribution in [0.25, 0.3) is 0 Å². The van der Waals surface area contributed by atoms with E-state index in [4.69, 9.17) is 4.65 Å². The Bertz CT molecular complexity index is 1270. The maximum atomic E-state index is 13.8. The summed E-state index contributed by atoms with van der Waals surface area (Å²) >= 11 is 3.41. The van der Waals surface area contributed by atoms with Crippen LogP contribution in [0.4, 0.5) is 5.69 Å². The average Bonchev–Trinajstić information content (AvgIpc) is 3.09. The number of fused-ring (bicyclic) bond motifs is 3. The first-order valence-electron chi connectivity index (χ1n) is 12.0. The molecule has 2 saturated heterocycles. The van der Waals surface area contributed by atoms with Crippen LogP contribution in [0.2, 0.25) is 0 Å². The van der Waals surface area contributed by atoms with Crippen LogP contribution in [0.1, 0.15) is 38.4 Å². The number of carbonyl (C=O) groups is 2. The summed E-state index contributed by atoms with van der Waals surface area (Å²) in [7, 11) is -3.00. The Balaban J connectivity index is 1.57. The number of phenolic OH excluding ortho intramolecular Hbond substituents is 1. The maximum absolute atomic E-state index is 13.8. The third kappa shape index (κ3) is 4.13. The molecule has 8 nitrogen and oxygen atoms in total. The van der Waals surface area contributed by atoms with Crippen molar-refractivity contribution in [2.45, 2.75) is 32.8 Å². The largest absolute Gasteiger partial charge is 0.508 e. The number of hydrogen-bond acceptors (Lipinski definition) is 7. The number of amides is 2. The van der Waals surface area contributed by atoms with Crippen molar-refractivity contribution in [3.05, 3.63) is 63.5 Å². The van der Waals surface area contributed by atoms with E-state index in [0.29, 0.717) is 23.9 Å². The number of hydrogen-bond donors (Lipinski definition) is 4. The zero-order chi connectivity index (χ0) is 25.9. The van der Waals surface area contributed by atoms with Gasteiger partial charge >= 0.3 is 14.2 Å². The predicted octanol–water partition coefficient (Wildman–Crippen LogP) is 2.09. The minimum Gasteiger partial charge on any atom is -0.508 e. The van der Waals surface area contributed by atoms with Gasteiger partial charge in [0.2, 0.25) is 11.8 Å². The van der Waals surface area contributed by atoms with Gasteiger partial charge in [-0.1, -0.05) is 47.5 Å². The number of rotatable bonds is 4. The van der Waals surface area contributed by atoms with E-state index in [1.165, 1.54) is 18.2 Å². The van der Waals surface area contributed by atoms with Gasteiger partial charge in [0, 0.05) is 10.0 Å². The average molecular weight is 554 g/mol. The fraction of sp³-hybridized carbons (Fsp3) is 0.360. The summed E-state index contributed by atoms with van der Waals surface area (Å²) in [6.45, 7) is 3.98. The molecule has 4 N–H and O–H groups in total. The summed E-state index contributed by atoms with van der Waals surface area (Å²) in [5, 5.41) is 40.8. The fourth-order valence-corrected chi connectivity index (χ4v) is 6.34. The maximum Gasteiger partial charge on any atom is 0.488 e. The van der Waals surface area contributed by atoms with Crippen LogP contribution in [0.15, 0.2) is 58.0 Å². The molecule has 2 aromatic rings. The number of phenols is 1. The summed E-state index contributed by atoms with van der Waals surface area (Å²) < 4.78 is 6.71. The normalized spacial score (nSPS) is 26.0. The lowest BCUT2D eigenvalue weighted by molar-refractivity contribution is -0.123. The number of allylic oxidation sites excluding steroid dienone is 2. The molecule has 0 spiro atoms. The van der Waals surface area contributed by atoms with Gasteiger partial charge in [-0.2, -0.15) is 0 Å². The van der Waals surface area contributed by atoms with Crippen LogP contribution in [0.5, 0.6) is 5.75 Å². The molecule has 2 amide bonds. The quantitative estimate of drug-likeness (QED) is 0.337. The molecular weight excluding hydrogens is 528 g/mol. The number of benzene rings is 2. The smallest absolute Gasteiger partial charge is 0.488 e. The molecule has 2 fully saturated rings. The van der Waals surface area contributed by atoms with Crippen LogP contribution < -0.4 is 10.4 Å². The molecule has 0 bridgehead atoms. The molecule has 2 aromatic carbocycles. The molecule has 0 radical (unpaired) electrons. The minimum absolute atomic E-state index is 0.0223. The second kappa shape index (κ2) is 9.46. The Hall–Kier alpha value is -2.43. The van der Waals surface area contributed by atoms with Crippen LogP contribution in [-0.2, 0) is 14.2 Å². The van der Waals surface area contributed by atoms with Crippen LogP contribution in [0.3, 0.4) is 0 Å². The van der Waals surface area contributed by atoms with Gasteiger partial charge in [-0.15, -0.1) is 0 Å². The van der Waals surface area contributed by atoms with E-state index in [1.54, 1.807) is 24.3 Å². The SMILES string of the molecule is CC(C)C1=C2B(O)O[C@H](c3cc(Br)ccc3O)C[C@H]2[C@H]2C(=O)N(c3cccc(B(O)O)c3)C(=O)[C@H]2C1. The Morgan fingerprint density at radius 1 is 1.11 bits per heavy atom. The summed E-state index contributed by atoms with van der Waals surface area (Å²) in [6, 6.07) is 11.1. The number of halogens is 1. The lowest BCUT2D eigenvalue weighted by atomic mass is 9.54. The Labute approximate surface area is 218 Å². The van der Waals surface area contributed by atoms with E-state index < -0.39 is 38.1 Å². The van der Waals surface area contributed by atoms with Gasteiger partial charge in [0.25, 0.3) is 0 Å². The van der Waals surface area contributed by atoms with Gasteiger partial charge in [-0.3, -0.25) is 14.5 Å². The molecule has 0 unspecified atom stereocenters. The van der Waals surface area contributed by atoms with Crippen molar-refractivity contribution >= 4 is 53.1 Å². The zero-order valence-electron chi connectivity index (χ0n) is 19.8. The van der Waals surface area contributed by atoms with Gasteiger partial charge in [0.15, 0.2) is 0 Å². The second-order valence-corrected chi connectivity index (χ2v) is 10.9. The Kier molecular flexibility index (Phi) is 6.63. The molecule has 3 aliphatic rings. The minimum atomic E-state index is -1.73. The highest BCUT2D eigenvalue weighted by atomic mass is 79.9. The first-order chi connectivity index (χ1) is 17.1. The highest BCUT2D eigenvalue weighted by molar-refractivity contribution is 9.10. The van der Waals surface area contributed by atoms with Crippen LogP contribution in [-0.4, -0.2) is 46.2 Å². The molecule has 0 saturated carbocycles. The van der Waals surface area contributed by atoms with Gasteiger partial charge in [-0.25, -0.2) is 0 Å². The summed E-state index contributed by atoms with van der Waals surface area (Å²) in [5.41, 5.74) is 2.52. The highest BCUT2D eigenvalue weighted by Crippen LogP contribution is 2.53. The molecule has 186 valence electrons. The number of aromatic hydroxyl groups is 1. The van der Waals surface area contributed by atoms with E-state index in [1.807, 2.05) is 13.8 Å². The van der Waals surface area contributed by atoms with Crippen molar-refractivity contribution in [1.29, 1.82) is 0 Å². The van der Waals surface area contributed by atoms with Crippen molar-refractivity contribution in [3.63, 3.8) is 0 Å². The number of anilines is 1. The first kappa shape index (κ1) is 25.2. The predicted molar refractivity (Wildman–Crippen MR) is 138 cm³/mol. The third-order valence-electron chi connectivity index (χ3n) is 7.61. The Morgan fingerprint density at radius 3 is 2.56 bits per heavy atom. The van der Waals surface area contributed by atoms with Crippen LogP contribution >= 0.6 is 15.9 Å². The topological polar surface area (TPSA) is 128 Å². The number of carbonyl (C=O) groups excluding carboxylic acids is 2. The fourth-order valence-electron chi connectivity index (χ4n) is 5.96. The van der Waals surface area contributed by atoms with Crippen molar-refractivity contribution < 1.29 is 34.4 Å². The van der Waals surface area contributed by atoms with Gasteiger partial charge in [0.1, 0.15) is 5.75 Å². The Morgan fingerprint density at radius 2 is 1.86 bits per heavy atom. The van der Waals surface area contributed by atoms with E-state index in [2.05, 4.69) is 15.9 Å².